The highest BCUT2D eigenvalue weighted by Crippen LogP contribution is 2.41. The summed E-state index contributed by atoms with van der Waals surface area (Å²) in [5.41, 5.74) is 0. The lowest BCUT2D eigenvalue weighted by atomic mass is 10.1. The summed E-state index contributed by atoms with van der Waals surface area (Å²) in [6, 6.07) is 9.89. The van der Waals surface area contributed by atoms with Crippen LogP contribution in [-0.2, 0) is 0 Å². The molecule has 0 atom stereocenters. The van der Waals surface area contributed by atoms with Gasteiger partial charge in [-0.3, -0.25) is 0 Å². The standard InChI is InChI=1S/C15H17BrO3/c1-17-14-10-13(19-9-5-8-16)11-6-3-4-7-12(11)15(14)18-2/h3-4,6-7,10H,5,8-9H2,1-2H3. The minimum atomic E-state index is 0.671. The van der Waals surface area contributed by atoms with Crippen LogP contribution in [0.15, 0.2) is 30.3 Å². The maximum Gasteiger partial charge on any atom is 0.168 e. The number of methoxy groups -OCH3 is 2. The highest BCUT2D eigenvalue weighted by atomic mass is 79.9. The molecule has 2 aromatic rings. The largest absolute Gasteiger partial charge is 0.493 e. The zero-order valence-electron chi connectivity index (χ0n) is 11.1. The van der Waals surface area contributed by atoms with Crippen molar-refractivity contribution in [3.8, 4) is 17.2 Å². The summed E-state index contributed by atoms with van der Waals surface area (Å²) in [6.45, 7) is 0.671. The zero-order chi connectivity index (χ0) is 13.7. The number of alkyl halides is 1. The van der Waals surface area contributed by atoms with Crippen LogP contribution in [0.2, 0.25) is 0 Å². The molecule has 0 aliphatic carbocycles. The van der Waals surface area contributed by atoms with Crippen LogP contribution in [0.3, 0.4) is 0 Å². The van der Waals surface area contributed by atoms with Gasteiger partial charge in [-0.15, -0.1) is 0 Å². The van der Waals surface area contributed by atoms with Crippen LogP contribution in [0, 0.1) is 0 Å². The van der Waals surface area contributed by atoms with E-state index < -0.39 is 0 Å². The quantitative estimate of drug-likeness (QED) is 0.593. The minimum absolute atomic E-state index is 0.671. The predicted octanol–water partition coefficient (Wildman–Crippen LogP) is 4.02. The third kappa shape index (κ3) is 2.95. The second-order valence-corrected chi connectivity index (χ2v) is 4.84. The van der Waals surface area contributed by atoms with Gasteiger partial charge in [0.1, 0.15) is 5.75 Å². The molecule has 2 aromatic carbocycles. The molecule has 0 aliphatic rings. The van der Waals surface area contributed by atoms with E-state index in [1.165, 1.54) is 0 Å². The number of ether oxygens (including phenoxy) is 3. The van der Waals surface area contributed by atoms with E-state index in [9.17, 15) is 0 Å². The van der Waals surface area contributed by atoms with Crippen molar-refractivity contribution in [2.75, 3.05) is 26.2 Å². The predicted molar refractivity (Wildman–Crippen MR) is 81.0 cm³/mol. The Balaban J connectivity index is 2.50. The van der Waals surface area contributed by atoms with Gasteiger partial charge in [0, 0.05) is 22.2 Å². The van der Waals surface area contributed by atoms with Crippen LogP contribution in [0.4, 0.5) is 0 Å². The molecule has 3 nitrogen and oxygen atoms in total. The van der Waals surface area contributed by atoms with Crippen molar-refractivity contribution in [3.05, 3.63) is 30.3 Å². The summed E-state index contributed by atoms with van der Waals surface area (Å²) in [6.07, 6.45) is 0.961. The molecule has 102 valence electrons. The SMILES string of the molecule is COc1cc(OCCCBr)c2ccccc2c1OC. The maximum atomic E-state index is 5.84. The zero-order valence-corrected chi connectivity index (χ0v) is 12.7. The van der Waals surface area contributed by atoms with E-state index in [4.69, 9.17) is 14.2 Å². The van der Waals surface area contributed by atoms with Gasteiger partial charge in [-0.25, -0.2) is 0 Å². The molecule has 0 aromatic heterocycles. The molecule has 19 heavy (non-hydrogen) atoms. The Bertz CT molecular complexity index is 554. The molecule has 0 radical (unpaired) electrons. The molecule has 0 N–H and O–H groups in total. The first-order valence-electron chi connectivity index (χ1n) is 6.14. The fraction of sp³-hybridized carbons (Fsp3) is 0.333. The lowest BCUT2D eigenvalue weighted by Crippen LogP contribution is -2.00. The fourth-order valence-electron chi connectivity index (χ4n) is 2.01. The van der Waals surface area contributed by atoms with Crippen LogP contribution in [0.25, 0.3) is 10.8 Å². The molecule has 0 fully saturated rings. The second kappa shape index (κ2) is 6.66. The number of fused-ring (bicyclic) bond motifs is 1. The highest BCUT2D eigenvalue weighted by molar-refractivity contribution is 9.09. The van der Waals surface area contributed by atoms with E-state index in [1.807, 2.05) is 30.3 Å². The molecule has 0 saturated heterocycles. The van der Waals surface area contributed by atoms with Crippen LogP contribution >= 0.6 is 15.9 Å². The minimum Gasteiger partial charge on any atom is -0.493 e. The second-order valence-electron chi connectivity index (χ2n) is 4.05. The smallest absolute Gasteiger partial charge is 0.168 e. The average Bonchev–Trinajstić information content (AvgIpc) is 2.46. The molecule has 0 saturated carbocycles. The van der Waals surface area contributed by atoms with E-state index in [1.54, 1.807) is 14.2 Å². The molecule has 0 unspecified atom stereocenters. The van der Waals surface area contributed by atoms with Crippen molar-refractivity contribution in [1.82, 2.24) is 0 Å². The fourth-order valence-corrected chi connectivity index (χ4v) is 2.24. The summed E-state index contributed by atoms with van der Waals surface area (Å²) in [5.74, 6) is 2.26. The maximum absolute atomic E-state index is 5.84. The van der Waals surface area contributed by atoms with Gasteiger partial charge >= 0.3 is 0 Å². The van der Waals surface area contributed by atoms with Crippen molar-refractivity contribution in [1.29, 1.82) is 0 Å². The average molecular weight is 325 g/mol. The normalized spacial score (nSPS) is 10.5. The molecule has 0 spiro atoms. The van der Waals surface area contributed by atoms with Gasteiger partial charge in [0.15, 0.2) is 11.5 Å². The van der Waals surface area contributed by atoms with Crippen molar-refractivity contribution in [2.24, 2.45) is 0 Å². The van der Waals surface area contributed by atoms with Gasteiger partial charge in [0.2, 0.25) is 0 Å². The van der Waals surface area contributed by atoms with Gasteiger partial charge in [-0.1, -0.05) is 40.2 Å². The van der Waals surface area contributed by atoms with Crippen molar-refractivity contribution < 1.29 is 14.2 Å². The molecule has 0 amide bonds. The van der Waals surface area contributed by atoms with Crippen LogP contribution in [0.5, 0.6) is 17.2 Å². The molecule has 0 heterocycles. The van der Waals surface area contributed by atoms with E-state index in [0.29, 0.717) is 12.4 Å². The first-order chi connectivity index (χ1) is 9.31. The summed E-state index contributed by atoms with van der Waals surface area (Å²) < 4.78 is 16.7. The molecule has 2 rings (SSSR count). The summed E-state index contributed by atoms with van der Waals surface area (Å²) >= 11 is 3.40. The first-order valence-corrected chi connectivity index (χ1v) is 7.26. The molecular formula is C15H17BrO3. The van der Waals surface area contributed by atoms with Crippen molar-refractivity contribution >= 4 is 26.7 Å². The Morgan fingerprint density at radius 2 is 1.74 bits per heavy atom. The van der Waals surface area contributed by atoms with Crippen LogP contribution in [0.1, 0.15) is 6.42 Å². The van der Waals surface area contributed by atoms with Crippen molar-refractivity contribution in [3.63, 3.8) is 0 Å². The highest BCUT2D eigenvalue weighted by Gasteiger charge is 2.13. The van der Waals surface area contributed by atoms with E-state index in [0.717, 1.165) is 34.0 Å². The number of hydrogen-bond acceptors (Lipinski definition) is 3. The summed E-state index contributed by atoms with van der Waals surface area (Å²) in [5, 5.41) is 2.96. The summed E-state index contributed by atoms with van der Waals surface area (Å²) in [4.78, 5) is 0. The Hall–Kier alpha value is -1.42. The third-order valence-electron chi connectivity index (χ3n) is 2.88. The molecule has 4 heteroatoms. The van der Waals surface area contributed by atoms with Crippen LogP contribution < -0.4 is 14.2 Å². The van der Waals surface area contributed by atoms with Gasteiger partial charge < -0.3 is 14.2 Å². The van der Waals surface area contributed by atoms with E-state index in [-0.39, 0.29) is 0 Å². The molecular weight excluding hydrogens is 308 g/mol. The number of rotatable bonds is 6. The van der Waals surface area contributed by atoms with E-state index in [2.05, 4.69) is 15.9 Å². The number of hydrogen-bond donors (Lipinski definition) is 0. The topological polar surface area (TPSA) is 27.7 Å². The Morgan fingerprint density at radius 3 is 2.37 bits per heavy atom. The Labute approximate surface area is 121 Å². The Kier molecular flexibility index (Phi) is 4.91. The Morgan fingerprint density at radius 1 is 1.00 bits per heavy atom. The lowest BCUT2D eigenvalue weighted by Gasteiger charge is -2.15. The van der Waals surface area contributed by atoms with Gasteiger partial charge in [0.25, 0.3) is 0 Å². The number of benzene rings is 2. The first kappa shape index (κ1) is 14.0. The number of halogens is 1. The third-order valence-corrected chi connectivity index (χ3v) is 3.44. The van der Waals surface area contributed by atoms with Gasteiger partial charge in [-0.05, 0) is 6.42 Å². The van der Waals surface area contributed by atoms with Crippen molar-refractivity contribution in [2.45, 2.75) is 6.42 Å². The lowest BCUT2D eigenvalue weighted by molar-refractivity contribution is 0.316. The monoisotopic (exact) mass is 324 g/mol. The summed E-state index contributed by atoms with van der Waals surface area (Å²) in [7, 11) is 3.28. The molecule has 0 bridgehead atoms. The van der Waals surface area contributed by atoms with Crippen LogP contribution in [-0.4, -0.2) is 26.2 Å². The molecule has 0 aliphatic heterocycles. The van der Waals surface area contributed by atoms with Gasteiger partial charge in [0.05, 0.1) is 20.8 Å². The van der Waals surface area contributed by atoms with Gasteiger partial charge in [-0.2, -0.15) is 0 Å². The van der Waals surface area contributed by atoms with E-state index >= 15 is 0 Å².